The second-order valence-corrected chi connectivity index (χ2v) is 8.75. The lowest BCUT2D eigenvalue weighted by atomic mass is 9.66. The van der Waals surface area contributed by atoms with Crippen molar-refractivity contribution < 1.29 is 44.0 Å². The van der Waals surface area contributed by atoms with E-state index < -0.39 is 64.1 Å². The van der Waals surface area contributed by atoms with Gasteiger partial charge in [0.1, 0.15) is 17.6 Å². The van der Waals surface area contributed by atoms with Gasteiger partial charge in [0.05, 0.1) is 11.1 Å². The number of fused-ring (bicyclic) bond motifs is 1. The molecule has 2 aliphatic heterocycles. The van der Waals surface area contributed by atoms with Crippen molar-refractivity contribution in [1.82, 2.24) is 4.90 Å². The number of hydrogen-bond donors (Lipinski definition) is 3. The van der Waals surface area contributed by atoms with Crippen LogP contribution < -0.4 is 0 Å². The lowest BCUT2D eigenvalue weighted by molar-refractivity contribution is -0.255. The number of thioether (sulfide) groups is 1. The zero-order valence-corrected chi connectivity index (χ0v) is 18.6. The van der Waals surface area contributed by atoms with Crippen LogP contribution >= 0.6 is 11.8 Å². The molecule has 1 aromatic carbocycles. The molecule has 32 heavy (non-hydrogen) atoms. The van der Waals surface area contributed by atoms with Gasteiger partial charge in [0.15, 0.2) is 34.7 Å². The monoisotopic (exact) mass is 465 g/mol. The molecule has 0 radical (unpaired) electrons. The smallest absolute Gasteiger partial charge is 0.262 e. The molecule has 3 rings (SSSR count). The number of carbonyl (C=O) groups is 5. The Labute approximate surface area is 187 Å². The number of carbonyl (C=O) groups excluding carboxylic acids is 5. The third-order valence-corrected chi connectivity index (χ3v) is 6.83. The van der Waals surface area contributed by atoms with Gasteiger partial charge in [-0.05, 0) is 39.2 Å². The number of ether oxygens (including phenoxy) is 1. The summed E-state index contributed by atoms with van der Waals surface area (Å²) < 4.78 is 5.63. The van der Waals surface area contributed by atoms with E-state index in [1.54, 1.807) is 0 Å². The van der Waals surface area contributed by atoms with Crippen LogP contribution in [0.5, 0.6) is 0 Å². The van der Waals surface area contributed by atoms with Crippen LogP contribution in [0.3, 0.4) is 0 Å². The van der Waals surface area contributed by atoms with E-state index >= 15 is 0 Å². The van der Waals surface area contributed by atoms with Gasteiger partial charge < -0.3 is 20.1 Å². The Balaban J connectivity index is 2.28. The first-order chi connectivity index (χ1) is 14.8. The summed E-state index contributed by atoms with van der Waals surface area (Å²) in [6.45, 7) is 2.77. The van der Waals surface area contributed by atoms with Crippen molar-refractivity contribution >= 4 is 40.9 Å². The largest absolute Gasteiger partial charge is 0.386 e. The summed E-state index contributed by atoms with van der Waals surface area (Å²) in [5.74, 6) is -5.24. The summed E-state index contributed by atoms with van der Waals surface area (Å²) in [6, 6.07) is 3.97. The number of rotatable bonds is 6. The summed E-state index contributed by atoms with van der Waals surface area (Å²) in [5, 5.41) is 32.9. The van der Waals surface area contributed by atoms with Gasteiger partial charge in [-0.15, -0.1) is 11.8 Å². The van der Waals surface area contributed by atoms with Gasteiger partial charge in [0, 0.05) is 0 Å². The lowest BCUT2D eigenvalue weighted by Crippen LogP contribution is -2.83. The molecule has 1 unspecified atom stereocenters. The quantitative estimate of drug-likeness (QED) is 0.460. The first-order valence-electron chi connectivity index (χ1n) is 9.69. The number of aliphatic hydroxyl groups is 3. The first-order valence-corrected chi connectivity index (χ1v) is 11.0. The average Bonchev–Trinajstić information content (AvgIpc) is 2.99. The molecule has 1 saturated heterocycles. The minimum atomic E-state index is -3.18. The number of nitrogens with zero attached hydrogens (tertiary/aromatic N) is 1. The molecule has 1 fully saturated rings. The van der Waals surface area contributed by atoms with E-state index in [9.17, 15) is 39.3 Å². The van der Waals surface area contributed by atoms with Crippen molar-refractivity contribution in [3.63, 3.8) is 0 Å². The average molecular weight is 465 g/mol. The molecule has 1 aromatic rings. The predicted octanol–water partition coefficient (Wildman–Crippen LogP) is -0.671. The molecule has 10 nitrogen and oxygen atoms in total. The molecule has 2 aliphatic rings. The maximum Gasteiger partial charge on any atom is 0.262 e. The summed E-state index contributed by atoms with van der Waals surface area (Å²) >= 11 is 0.852. The topological polar surface area (TPSA) is 159 Å². The molecule has 172 valence electrons. The molecule has 6 atom stereocenters. The Bertz CT molecular complexity index is 989. The van der Waals surface area contributed by atoms with E-state index in [0.29, 0.717) is 4.90 Å². The summed E-state index contributed by atoms with van der Waals surface area (Å²) in [7, 11) is 0. The Morgan fingerprint density at radius 2 is 1.50 bits per heavy atom. The Hall–Kier alpha value is -2.44. The van der Waals surface area contributed by atoms with Crippen LogP contribution in [-0.4, -0.2) is 90.5 Å². The van der Waals surface area contributed by atoms with E-state index in [4.69, 9.17) is 4.74 Å². The van der Waals surface area contributed by atoms with Gasteiger partial charge in [-0.2, -0.15) is 0 Å². The van der Waals surface area contributed by atoms with Gasteiger partial charge in [-0.3, -0.25) is 28.9 Å². The van der Waals surface area contributed by atoms with Crippen LogP contribution in [0.4, 0.5) is 0 Å². The van der Waals surface area contributed by atoms with Gasteiger partial charge in [-0.25, -0.2) is 0 Å². The maximum absolute atomic E-state index is 13.1. The van der Waals surface area contributed by atoms with E-state index in [2.05, 4.69) is 0 Å². The van der Waals surface area contributed by atoms with Crippen LogP contribution in [0.2, 0.25) is 0 Å². The van der Waals surface area contributed by atoms with E-state index in [-0.39, 0.29) is 11.1 Å². The molecule has 0 aliphatic carbocycles. The van der Waals surface area contributed by atoms with Crippen molar-refractivity contribution in [2.75, 3.05) is 6.26 Å². The molecular formula is C21H23NO9S. The number of hydrogen-bond acceptors (Lipinski definition) is 10. The number of Topliss-reactive ketones (excluding diaryl/α,β-unsaturated/α-hetero) is 3. The second kappa shape index (κ2) is 8.16. The minimum Gasteiger partial charge on any atom is -0.386 e. The van der Waals surface area contributed by atoms with E-state index in [1.807, 2.05) is 0 Å². The predicted molar refractivity (Wildman–Crippen MR) is 111 cm³/mol. The zero-order chi connectivity index (χ0) is 24.2. The molecule has 2 amide bonds. The number of benzene rings is 1. The number of imide groups is 1. The SMILES string of the molecule is CS[C@@H]1O[C@H](C(=O)C(C)O)[C@](O)(C(C)=O)[C@@](O)(C(C)=O)[C@@H]1N1C(=O)c2ccccc2C1=O. The Morgan fingerprint density at radius 1 is 1.03 bits per heavy atom. The molecule has 0 spiro atoms. The van der Waals surface area contributed by atoms with Crippen LogP contribution in [0.1, 0.15) is 41.5 Å². The molecule has 2 heterocycles. The second-order valence-electron chi connectivity index (χ2n) is 7.81. The first kappa shape index (κ1) is 24.2. The van der Waals surface area contributed by atoms with Crippen molar-refractivity contribution in [3.8, 4) is 0 Å². The van der Waals surface area contributed by atoms with Crippen LogP contribution in [0.25, 0.3) is 0 Å². The molecule has 11 heteroatoms. The Morgan fingerprint density at radius 3 is 1.88 bits per heavy atom. The van der Waals surface area contributed by atoms with Crippen LogP contribution in [-0.2, 0) is 19.1 Å². The van der Waals surface area contributed by atoms with E-state index in [1.165, 1.54) is 30.5 Å². The van der Waals surface area contributed by atoms with Gasteiger partial charge in [0.25, 0.3) is 11.8 Å². The highest BCUT2D eigenvalue weighted by atomic mass is 32.2. The van der Waals surface area contributed by atoms with Gasteiger partial charge in [-0.1, -0.05) is 12.1 Å². The van der Waals surface area contributed by atoms with Crippen molar-refractivity contribution in [3.05, 3.63) is 35.4 Å². The number of amides is 2. The normalized spacial score (nSPS) is 33.1. The van der Waals surface area contributed by atoms with Crippen LogP contribution in [0.15, 0.2) is 24.3 Å². The van der Waals surface area contributed by atoms with Gasteiger partial charge >= 0.3 is 0 Å². The van der Waals surface area contributed by atoms with Crippen molar-refractivity contribution in [2.45, 2.75) is 55.7 Å². The summed E-state index contributed by atoms with van der Waals surface area (Å²) in [5.41, 5.74) is -7.65. The van der Waals surface area contributed by atoms with Gasteiger partial charge in [0.2, 0.25) is 0 Å². The minimum absolute atomic E-state index is 0.0109. The number of ketones is 3. The highest BCUT2D eigenvalue weighted by Crippen LogP contribution is 2.46. The summed E-state index contributed by atoms with van der Waals surface area (Å²) in [6.07, 6.45) is -2.36. The zero-order valence-electron chi connectivity index (χ0n) is 17.8. The third-order valence-electron chi connectivity index (χ3n) is 6.00. The van der Waals surface area contributed by atoms with Crippen molar-refractivity contribution in [1.29, 1.82) is 0 Å². The fourth-order valence-corrected chi connectivity index (χ4v) is 5.10. The highest BCUT2D eigenvalue weighted by molar-refractivity contribution is 7.99. The molecule has 3 N–H and O–H groups in total. The summed E-state index contributed by atoms with van der Waals surface area (Å²) in [4.78, 5) is 65.0. The van der Waals surface area contributed by atoms with Crippen molar-refractivity contribution in [2.24, 2.45) is 0 Å². The highest BCUT2D eigenvalue weighted by Gasteiger charge is 2.74. The Kier molecular flexibility index (Phi) is 6.17. The van der Waals surface area contributed by atoms with Crippen LogP contribution in [0, 0.1) is 0 Å². The molecule has 0 bridgehead atoms. The number of aliphatic hydroxyl groups excluding tert-OH is 1. The molecule has 0 saturated carbocycles. The maximum atomic E-state index is 13.1. The fourth-order valence-electron chi connectivity index (χ4n) is 4.30. The molecule has 0 aromatic heterocycles. The fraction of sp³-hybridized carbons (Fsp3) is 0.476. The third kappa shape index (κ3) is 3.07. The molecular weight excluding hydrogens is 442 g/mol. The van der Waals surface area contributed by atoms with E-state index in [0.717, 1.165) is 32.5 Å². The standard InChI is InChI=1S/C21H23NO9S/c1-9(23)14(26)16-21(30,11(3)25)20(29,10(2)24)15(19(31-16)32-4)22-17(27)12-7-5-6-8-13(12)18(22)28/h5-9,15-16,19,23,29-30H,1-4H3/t9?,15-,16-,19+,20-,21-/m1/s1. The lowest BCUT2D eigenvalue weighted by Gasteiger charge is -2.55.